The summed E-state index contributed by atoms with van der Waals surface area (Å²) < 4.78 is 0. The Morgan fingerprint density at radius 1 is 0.818 bits per heavy atom. The van der Waals surface area contributed by atoms with E-state index in [1.54, 1.807) is 11.1 Å². The summed E-state index contributed by atoms with van der Waals surface area (Å²) >= 11 is 0. The Kier molecular flexibility index (Phi) is 15.1. The molecule has 1 aliphatic rings. The largest absolute Gasteiger partial charge is 0.0776 e. The van der Waals surface area contributed by atoms with Crippen molar-refractivity contribution in [3.05, 3.63) is 11.1 Å². The maximum absolute atomic E-state index is 2.24. The summed E-state index contributed by atoms with van der Waals surface area (Å²) in [5.41, 5.74) is 3.25. The second-order valence-electron chi connectivity index (χ2n) is 2.41. The summed E-state index contributed by atoms with van der Waals surface area (Å²) in [5.74, 6) is 0. The standard InChI is InChI=1S/C7H12.C2H6.2CH4/c1-6-4-3-5-7(6)2;1-2;;/h3-5H2,1-2H3;1-2H3;2*1H4. The van der Waals surface area contributed by atoms with Crippen molar-refractivity contribution in [3.8, 4) is 0 Å². The molecule has 0 saturated carbocycles. The van der Waals surface area contributed by atoms with Crippen LogP contribution in [0, 0.1) is 0 Å². The molecule has 0 heterocycles. The molecule has 0 aromatic heterocycles. The molecule has 1 aliphatic carbocycles. The van der Waals surface area contributed by atoms with E-state index in [1.165, 1.54) is 19.3 Å². The minimum absolute atomic E-state index is 0. The third-order valence-corrected chi connectivity index (χ3v) is 1.83. The van der Waals surface area contributed by atoms with Gasteiger partial charge in [0.05, 0.1) is 0 Å². The molecular formula is C11H26. The van der Waals surface area contributed by atoms with Crippen molar-refractivity contribution < 1.29 is 0 Å². The van der Waals surface area contributed by atoms with Crippen molar-refractivity contribution >= 4 is 0 Å². The lowest BCUT2D eigenvalue weighted by Crippen LogP contribution is -1.66. The normalized spacial score (nSPS) is 14.2. The van der Waals surface area contributed by atoms with Gasteiger partial charge in [-0.15, -0.1) is 0 Å². The van der Waals surface area contributed by atoms with Crippen LogP contribution in [0.5, 0.6) is 0 Å². The highest BCUT2D eigenvalue weighted by Crippen LogP contribution is 2.23. The number of allylic oxidation sites excluding steroid dienone is 2. The van der Waals surface area contributed by atoms with Gasteiger partial charge < -0.3 is 0 Å². The van der Waals surface area contributed by atoms with Gasteiger partial charge >= 0.3 is 0 Å². The number of hydrogen-bond acceptors (Lipinski definition) is 0. The van der Waals surface area contributed by atoms with Gasteiger partial charge in [0, 0.05) is 0 Å². The molecule has 11 heavy (non-hydrogen) atoms. The van der Waals surface area contributed by atoms with E-state index in [4.69, 9.17) is 0 Å². The fourth-order valence-corrected chi connectivity index (χ4v) is 1.05. The van der Waals surface area contributed by atoms with Crippen LogP contribution in [0.4, 0.5) is 0 Å². The van der Waals surface area contributed by atoms with Gasteiger partial charge in [-0.3, -0.25) is 0 Å². The van der Waals surface area contributed by atoms with Gasteiger partial charge in [-0.2, -0.15) is 0 Å². The molecule has 0 saturated heterocycles. The molecular weight excluding hydrogens is 132 g/mol. The first-order chi connectivity index (χ1) is 4.30. The SMILES string of the molecule is C.C.CC.CC1=C(C)CCC1. The van der Waals surface area contributed by atoms with E-state index in [2.05, 4.69) is 13.8 Å². The van der Waals surface area contributed by atoms with Crippen LogP contribution in [0.25, 0.3) is 0 Å². The van der Waals surface area contributed by atoms with Crippen LogP contribution < -0.4 is 0 Å². The van der Waals surface area contributed by atoms with Gasteiger partial charge in [-0.25, -0.2) is 0 Å². The Bertz CT molecular complexity index is 86.6. The monoisotopic (exact) mass is 158 g/mol. The second-order valence-corrected chi connectivity index (χ2v) is 2.41. The first-order valence-corrected chi connectivity index (χ1v) is 3.96. The van der Waals surface area contributed by atoms with E-state index in [0.717, 1.165) is 0 Å². The smallest absolute Gasteiger partial charge is 0.0317 e. The van der Waals surface area contributed by atoms with Crippen molar-refractivity contribution in [2.75, 3.05) is 0 Å². The predicted octanol–water partition coefficient (Wildman–Crippen LogP) is 4.81. The zero-order valence-electron chi connectivity index (χ0n) is 7.12. The molecule has 0 spiro atoms. The molecule has 70 valence electrons. The lowest BCUT2D eigenvalue weighted by molar-refractivity contribution is 0.893. The quantitative estimate of drug-likeness (QED) is 0.444. The maximum atomic E-state index is 2.24. The summed E-state index contributed by atoms with van der Waals surface area (Å²) in [5, 5.41) is 0. The van der Waals surface area contributed by atoms with Crippen LogP contribution >= 0.6 is 0 Å². The number of hydrogen-bond donors (Lipinski definition) is 0. The Labute approximate surface area is 73.7 Å². The van der Waals surface area contributed by atoms with Gasteiger partial charge in [0.1, 0.15) is 0 Å². The van der Waals surface area contributed by atoms with E-state index >= 15 is 0 Å². The summed E-state index contributed by atoms with van der Waals surface area (Å²) in [6.45, 7) is 8.48. The molecule has 0 atom stereocenters. The van der Waals surface area contributed by atoms with Crippen molar-refractivity contribution in [2.24, 2.45) is 0 Å². The molecule has 0 N–H and O–H groups in total. The van der Waals surface area contributed by atoms with E-state index in [9.17, 15) is 0 Å². The zero-order chi connectivity index (χ0) is 7.28. The van der Waals surface area contributed by atoms with Crippen LogP contribution in [0.3, 0.4) is 0 Å². The average molecular weight is 158 g/mol. The van der Waals surface area contributed by atoms with Crippen molar-refractivity contribution in [3.63, 3.8) is 0 Å². The first-order valence-electron chi connectivity index (χ1n) is 3.96. The molecule has 0 aromatic rings. The van der Waals surface area contributed by atoms with Gasteiger partial charge in [0.15, 0.2) is 0 Å². The summed E-state index contributed by atoms with van der Waals surface area (Å²) in [6, 6.07) is 0. The van der Waals surface area contributed by atoms with Crippen molar-refractivity contribution in [2.45, 2.75) is 61.8 Å². The highest BCUT2D eigenvalue weighted by molar-refractivity contribution is 5.14. The minimum Gasteiger partial charge on any atom is -0.0776 e. The number of rotatable bonds is 0. The highest BCUT2D eigenvalue weighted by Gasteiger charge is 2.03. The summed E-state index contributed by atoms with van der Waals surface area (Å²) in [4.78, 5) is 0. The first kappa shape index (κ1) is 17.0. The molecule has 0 nitrogen and oxygen atoms in total. The lowest BCUT2D eigenvalue weighted by atomic mass is 10.2. The summed E-state index contributed by atoms with van der Waals surface area (Å²) in [6.07, 6.45) is 4.11. The lowest BCUT2D eigenvalue weighted by Gasteiger charge is -1.87. The molecule has 1 rings (SSSR count). The van der Waals surface area contributed by atoms with E-state index in [1.807, 2.05) is 13.8 Å². The Hall–Kier alpha value is -0.260. The topological polar surface area (TPSA) is 0 Å². The van der Waals surface area contributed by atoms with E-state index < -0.39 is 0 Å². The van der Waals surface area contributed by atoms with E-state index in [0.29, 0.717) is 0 Å². The van der Waals surface area contributed by atoms with Gasteiger partial charge in [0.2, 0.25) is 0 Å². The summed E-state index contributed by atoms with van der Waals surface area (Å²) in [7, 11) is 0. The third-order valence-electron chi connectivity index (χ3n) is 1.83. The average Bonchev–Trinajstić information content (AvgIpc) is 2.23. The maximum Gasteiger partial charge on any atom is -0.0317 e. The molecule has 0 fully saturated rings. The van der Waals surface area contributed by atoms with Crippen LogP contribution in [-0.4, -0.2) is 0 Å². The fourth-order valence-electron chi connectivity index (χ4n) is 1.05. The Morgan fingerprint density at radius 2 is 1.09 bits per heavy atom. The fraction of sp³-hybridized carbons (Fsp3) is 0.818. The van der Waals surface area contributed by atoms with Gasteiger partial charge in [-0.1, -0.05) is 39.8 Å². The van der Waals surface area contributed by atoms with Crippen molar-refractivity contribution in [1.82, 2.24) is 0 Å². The molecule has 0 aliphatic heterocycles. The van der Waals surface area contributed by atoms with Crippen LogP contribution in [0.15, 0.2) is 11.1 Å². The van der Waals surface area contributed by atoms with Gasteiger partial charge in [0.25, 0.3) is 0 Å². The highest BCUT2D eigenvalue weighted by atomic mass is 14.1. The van der Waals surface area contributed by atoms with Gasteiger partial charge in [-0.05, 0) is 33.1 Å². The minimum atomic E-state index is 0. The Morgan fingerprint density at radius 3 is 1.18 bits per heavy atom. The molecule has 0 bridgehead atoms. The van der Waals surface area contributed by atoms with Crippen LogP contribution in [-0.2, 0) is 0 Å². The van der Waals surface area contributed by atoms with E-state index in [-0.39, 0.29) is 14.9 Å². The molecule has 0 aromatic carbocycles. The Balaban J connectivity index is -0.000000149. The zero-order valence-corrected chi connectivity index (χ0v) is 7.12. The van der Waals surface area contributed by atoms with Crippen molar-refractivity contribution in [1.29, 1.82) is 0 Å². The van der Waals surface area contributed by atoms with Crippen LogP contribution in [0.2, 0.25) is 0 Å². The molecule has 0 heteroatoms. The third kappa shape index (κ3) is 6.15. The predicted molar refractivity (Wildman–Crippen MR) is 57.0 cm³/mol. The molecule has 0 unspecified atom stereocenters. The van der Waals surface area contributed by atoms with Crippen LogP contribution in [0.1, 0.15) is 61.8 Å². The molecule has 0 amide bonds. The second kappa shape index (κ2) is 9.74. The molecule has 0 radical (unpaired) electrons.